The number of aromatic carboxylic acids is 1. The molecule has 1 aromatic rings. The van der Waals surface area contributed by atoms with Gasteiger partial charge in [0.05, 0.1) is 23.0 Å². The summed E-state index contributed by atoms with van der Waals surface area (Å²) >= 11 is 0. The van der Waals surface area contributed by atoms with E-state index >= 15 is 0 Å². The lowest BCUT2D eigenvalue weighted by Gasteiger charge is -2.55. The molecular weight excluding hydrogens is 414 g/mol. The second kappa shape index (κ2) is 6.57. The van der Waals surface area contributed by atoms with Crippen molar-refractivity contribution in [3.05, 3.63) is 29.8 Å². The first-order valence-electron chi connectivity index (χ1n) is 11.0. The molecule has 32 heavy (non-hydrogen) atoms. The molecule has 170 valence electrons. The van der Waals surface area contributed by atoms with Crippen LogP contribution >= 0.6 is 0 Å². The number of ketones is 1. The highest BCUT2D eigenvalue weighted by Gasteiger charge is 2.71. The zero-order chi connectivity index (χ0) is 23.1. The van der Waals surface area contributed by atoms with Crippen molar-refractivity contribution in [2.45, 2.75) is 57.7 Å². The minimum Gasteiger partial charge on any atom is -0.870 e. The summed E-state index contributed by atoms with van der Waals surface area (Å²) in [5.41, 5.74) is -2.00. The van der Waals surface area contributed by atoms with Crippen LogP contribution in [0.1, 0.15) is 56.3 Å². The van der Waals surface area contributed by atoms with E-state index < -0.39 is 40.0 Å². The number of carboxylic acid groups (broad SMARTS) is 1. The number of carbonyl (C=O) groups is 3. The molecule has 4 fully saturated rings. The van der Waals surface area contributed by atoms with E-state index in [2.05, 4.69) is 18.3 Å². The van der Waals surface area contributed by atoms with E-state index in [-0.39, 0.29) is 41.7 Å². The van der Waals surface area contributed by atoms with Gasteiger partial charge in [0.25, 0.3) is 0 Å². The largest absolute Gasteiger partial charge is 0.870 e. The first-order chi connectivity index (χ1) is 15.0. The number of phenolic OH excluding ortho intramolecular Hbond substituents is 1. The summed E-state index contributed by atoms with van der Waals surface area (Å²) < 4.78 is 6.40. The van der Waals surface area contributed by atoms with Gasteiger partial charge in [0.15, 0.2) is 5.78 Å². The van der Waals surface area contributed by atoms with E-state index in [0.29, 0.717) is 5.92 Å². The van der Waals surface area contributed by atoms with Crippen LogP contribution in [0.5, 0.6) is 11.5 Å². The molecule has 1 unspecified atom stereocenters. The van der Waals surface area contributed by atoms with Crippen molar-refractivity contribution in [1.82, 2.24) is 0 Å². The number of phenols is 1. The van der Waals surface area contributed by atoms with E-state index in [1.807, 2.05) is 6.92 Å². The molecule has 1 aromatic carbocycles. The van der Waals surface area contributed by atoms with Crippen LogP contribution < -0.4 is 10.4 Å². The molecule has 3 aliphatic carbocycles. The number of anilines is 1. The Balaban J connectivity index is 1.36. The molecule has 6 atom stereocenters. The molecule has 0 aromatic heterocycles. The van der Waals surface area contributed by atoms with E-state index in [9.17, 15) is 24.6 Å². The average Bonchev–Trinajstić information content (AvgIpc) is 3.08. The van der Waals surface area contributed by atoms with Crippen molar-refractivity contribution in [2.24, 2.45) is 22.7 Å². The lowest BCUT2D eigenvalue weighted by atomic mass is 9.51. The summed E-state index contributed by atoms with van der Waals surface area (Å²) in [5.74, 6) is -3.00. The molecule has 1 spiro atoms. The van der Waals surface area contributed by atoms with Gasteiger partial charge in [-0.3, -0.25) is 9.59 Å². The fraction of sp³-hybridized carbons (Fsp3) is 0.542. The third-order valence-corrected chi connectivity index (χ3v) is 8.42. The molecule has 2 saturated carbocycles. The Morgan fingerprint density at radius 1 is 1.31 bits per heavy atom. The average molecular weight is 440 g/mol. The number of allylic oxidation sites excluding steroid dienone is 2. The van der Waals surface area contributed by atoms with Crippen LogP contribution in [0.3, 0.4) is 0 Å². The molecular formula is C24H26NO7-. The SMILES string of the molecule is C[C@@]1(CCC(=O)Nc2c(O)ccc(C(=O)O)c2[O-])C(=O)C=C[C@]23C[C@H]4C[C@H](O[C@@]4(C)C2)C31. The van der Waals surface area contributed by atoms with Gasteiger partial charge < -0.3 is 25.4 Å². The minimum absolute atomic E-state index is 0.00839. The summed E-state index contributed by atoms with van der Waals surface area (Å²) in [6.45, 7) is 4.06. The van der Waals surface area contributed by atoms with Crippen molar-refractivity contribution < 1.29 is 34.4 Å². The Labute approximate surface area is 185 Å². The van der Waals surface area contributed by atoms with E-state index in [4.69, 9.17) is 9.84 Å². The summed E-state index contributed by atoms with van der Waals surface area (Å²) in [6, 6.07) is 2.05. The first kappa shape index (κ1) is 21.0. The van der Waals surface area contributed by atoms with Gasteiger partial charge >= 0.3 is 5.97 Å². The smallest absolute Gasteiger partial charge is 0.335 e. The van der Waals surface area contributed by atoms with Crippen LogP contribution in [0, 0.1) is 22.7 Å². The highest BCUT2D eigenvalue weighted by atomic mass is 16.5. The van der Waals surface area contributed by atoms with Crippen molar-refractivity contribution in [3.8, 4) is 11.5 Å². The fourth-order valence-electron chi connectivity index (χ4n) is 7.08. The maximum Gasteiger partial charge on any atom is 0.335 e. The molecule has 2 saturated heterocycles. The predicted octanol–water partition coefficient (Wildman–Crippen LogP) is 2.60. The maximum absolute atomic E-state index is 13.1. The standard InChI is InChI=1S/C24H27NO7/c1-22(7-6-17(28)25-18-14(26)4-3-13(19(18)29)21(30)31)16(27)5-8-24-10-12-9-15(20(22)24)32-23(12,2)11-24/h3-5,8,12,15,20,26,29H,6-7,9-11H2,1-2H3,(H,25,28)(H,30,31)/p-1/t12-,15+,20?,22-,23+,24+/m1/s1. The molecule has 8 nitrogen and oxygen atoms in total. The van der Waals surface area contributed by atoms with Gasteiger partial charge in [-0.15, -0.1) is 0 Å². The Hall–Kier alpha value is -2.87. The number of aromatic hydroxyl groups is 1. The van der Waals surface area contributed by atoms with Crippen LogP contribution in [0.15, 0.2) is 24.3 Å². The lowest BCUT2D eigenvalue weighted by molar-refractivity contribution is -0.267. The summed E-state index contributed by atoms with van der Waals surface area (Å²) in [6.07, 6.45) is 6.75. The first-order valence-corrected chi connectivity index (χ1v) is 11.0. The second-order valence-corrected chi connectivity index (χ2v) is 10.3. The van der Waals surface area contributed by atoms with Gasteiger partial charge in [-0.25, -0.2) is 4.79 Å². The van der Waals surface area contributed by atoms with E-state index in [0.717, 1.165) is 31.4 Å². The number of nitrogens with one attached hydrogen (secondary N) is 1. The van der Waals surface area contributed by atoms with E-state index in [1.54, 1.807) is 6.08 Å². The van der Waals surface area contributed by atoms with Gasteiger partial charge in [0.2, 0.25) is 5.91 Å². The summed E-state index contributed by atoms with van der Waals surface area (Å²) in [4.78, 5) is 36.9. The number of ether oxygens (including phenoxy) is 1. The highest BCUT2D eigenvalue weighted by Crippen LogP contribution is 2.71. The Morgan fingerprint density at radius 3 is 2.75 bits per heavy atom. The minimum atomic E-state index is -1.44. The zero-order valence-electron chi connectivity index (χ0n) is 18.0. The molecule has 8 heteroatoms. The summed E-state index contributed by atoms with van der Waals surface area (Å²) in [5, 5.41) is 33.7. The Bertz CT molecular complexity index is 1080. The van der Waals surface area contributed by atoms with Gasteiger partial charge in [-0.05, 0) is 62.1 Å². The quantitative estimate of drug-likeness (QED) is 0.599. The third kappa shape index (κ3) is 2.75. The normalized spacial score (nSPS) is 38.7. The number of amides is 1. The Kier molecular flexibility index (Phi) is 4.31. The number of benzene rings is 1. The number of rotatable bonds is 5. The van der Waals surface area contributed by atoms with Crippen LogP contribution in [-0.2, 0) is 14.3 Å². The van der Waals surface area contributed by atoms with Crippen molar-refractivity contribution >= 4 is 23.3 Å². The predicted molar refractivity (Wildman–Crippen MR) is 111 cm³/mol. The lowest BCUT2D eigenvalue weighted by Crippen LogP contribution is -2.56. The van der Waals surface area contributed by atoms with E-state index in [1.165, 1.54) is 0 Å². The van der Waals surface area contributed by atoms with Crippen LogP contribution in [0.4, 0.5) is 5.69 Å². The maximum atomic E-state index is 13.1. The van der Waals surface area contributed by atoms with Crippen LogP contribution in [-0.4, -0.2) is 39.6 Å². The third-order valence-electron chi connectivity index (χ3n) is 8.42. The Morgan fingerprint density at radius 2 is 2.06 bits per heavy atom. The topological polar surface area (TPSA) is 136 Å². The van der Waals surface area contributed by atoms with Gasteiger partial charge in [-0.1, -0.05) is 18.7 Å². The van der Waals surface area contributed by atoms with Gasteiger partial charge in [-0.2, -0.15) is 0 Å². The van der Waals surface area contributed by atoms with Crippen LogP contribution in [0.25, 0.3) is 0 Å². The molecule has 2 aliphatic heterocycles. The highest BCUT2D eigenvalue weighted by molar-refractivity contribution is 6.00. The monoisotopic (exact) mass is 440 g/mol. The zero-order valence-corrected chi connectivity index (χ0v) is 18.0. The number of carbonyl (C=O) groups excluding carboxylic acids is 2. The van der Waals surface area contributed by atoms with Gasteiger partial charge in [0, 0.05) is 17.8 Å². The second-order valence-electron chi connectivity index (χ2n) is 10.3. The van der Waals surface area contributed by atoms with Crippen molar-refractivity contribution in [1.29, 1.82) is 0 Å². The molecule has 2 heterocycles. The molecule has 4 bridgehead atoms. The molecule has 1 amide bonds. The van der Waals surface area contributed by atoms with Crippen molar-refractivity contribution in [2.75, 3.05) is 5.32 Å². The molecule has 0 radical (unpaired) electrons. The van der Waals surface area contributed by atoms with Gasteiger partial charge in [0.1, 0.15) is 5.75 Å². The number of carboxylic acids is 1. The number of hydrogen-bond acceptors (Lipinski definition) is 6. The fourth-order valence-corrected chi connectivity index (χ4v) is 7.08. The molecule has 5 aliphatic rings. The summed E-state index contributed by atoms with van der Waals surface area (Å²) in [7, 11) is 0. The van der Waals surface area contributed by atoms with Crippen molar-refractivity contribution in [3.63, 3.8) is 0 Å². The molecule has 6 rings (SSSR count). The number of hydrogen-bond donors (Lipinski definition) is 3. The van der Waals surface area contributed by atoms with Crippen LogP contribution in [0.2, 0.25) is 0 Å². The molecule has 3 N–H and O–H groups in total.